The van der Waals surface area contributed by atoms with Gasteiger partial charge in [-0.2, -0.15) is 11.8 Å². The molecular weight excluding hydrogens is 478 g/mol. The number of rotatable bonds is 16. The van der Waals surface area contributed by atoms with E-state index in [0.717, 1.165) is 0 Å². The number of nitrogens with one attached hydrogen (secondary N) is 3. The molecular formula is C22H33N5O7S. The molecule has 194 valence electrons. The molecule has 12 nitrogen and oxygen atoms in total. The van der Waals surface area contributed by atoms with Gasteiger partial charge < -0.3 is 37.6 Å². The van der Waals surface area contributed by atoms with Crippen LogP contribution < -0.4 is 27.4 Å². The van der Waals surface area contributed by atoms with Crippen LogP contribution in [0.3, 0.4) is 0 Å². The van der Waals surface area contributed by atoms with Crippen LogP contribution in [0.2, 0.25) is 0 Å². The molecule has 1 aromatic carbocycles. The molecule has 0 fully saturated rings. The Kier molecular flexibility index (Phi) is 13.4. The van der Waals surface area contributed by atoms with Crippen LogP contribution in [0, 0.1) is 0 Å². The first-order chi connectivity index (χ1) is 16.6. The number of carboxylic acid groups (broad SMARTS) is 1. The first-order valence-electron chi connectivity index (χ1n) is 10.9. The molecule has 1 aromatic rings. The molecule has 4 atom stereocenters. The minimum atomic E-state index is -1.41. The van der Waals surface area contributed by atoms with Crippen LogP contribution in [0.4, 0.5) is 0 Å². The Morgan fingerprint density at radius 3 is 2.03 bits per heavy atom. The molecule has 4 unspecified atom stereocenters. The lowest BCUT2D eigenvalue weighted by Gasteiger charge is -2.24. The molecule has 13 heteroatoms. The lowest BCUT2D eigenvalue weighted by atomic mass is 10.0. The molecule has 0 bridgehead atoms. The molecule has 4 amide bonds. The number of nitrogens with two attached hydrogens (primary N) is 2. The van der Waals surface area contributed by atoms with E-state index in [-0.39, 0.29) is 19.3 Å². The van der Waals surface area contributed by atoms with Gasteiger partial charge in [0.1, 0.15) is 18.1 Å². The minimum Gasteiger partial charge on any atom is -0.480 e. The standard InChI is InChI=1S/C22H33N5O7S/c1-35-10-9-14(23)19(30)27-17(12-28)21(32)26-16(11-13-5-3-2-4-6-13)20(31)25-15(22(33)34)7-8-18(24)29/h2-6,14-17,28H,7-12,23H2,1H3,(H2,24,29)(H,25,31)(H,26,32)(H,27,30)(H,33,34). The SMILES string of the molecule is CSCCC(N)C(=O)NC(CO)C(=O)NC(Cc1ccccc1)C(=O)NC(CCC(N)=O)C(=O)O. The van der Waals surface area contributed by atoms with Gasteiger partial charge in [-0.1, -0.05) is 30.3 Å². The number of primary amides is 1. The number of hydrogen-bond donors (Lipinski definition) is 7. The van der Waals surface area contributed by atoms with Crippen molar-refractivity contribution in [2.24, 2.45) is 11.5 Å². The smallest absolute Gasteiger partial charge is 0.326 e. The van der Waals surface area contributed by atoms with Gasteiger partial charge in [-0.05, 0) is 30.4 Å². The van der Waals surface area contributed by atoms with Crippen molar-refractivity contribution in [2.75, 3.05) is 18.6 Å². The zero-order chi connectivity index (χ0) is 26.4. The van der Waals surface area contributed by atoms with Gasteiger partial charge in [0.15, 0.2) is 0 Å². The Hall–Kier alpha value is -3.16. The maximum Gasteiger partial charge on any atom is 0.326 e. The van der Waals surface area contributed by atoms with E-state index in [4.69, 9.17) is 11.5 Å². The van der Waals surface area contributed by atoms with E-state index in [1.807, 2.05) is 6.26 Å². The molecule has 0 aliphatic heterocycles. The van der Waals surface area contributed by atoms with Gasteiger partial charge in [0.05, 0.1) is 12.6 Å². The highest BCUT2D eigenvalue weighted by Crippen LogP contribution is 2.06. The van der Waals surface area contributed by atoms with E-state index >= 15 is 0 Å². The third-order valence-corrected chi connectivity index (χ3v) is 5.64. The first-order valence-corrected chi connectivity index (χ1v) is 12.3. The summed E-state index contributed by atoms with van der Waals surface area (Å²) >= 11 is 1.50. The molecule has 9 N–H and O–H groups in total. The van der Waals surface area contributed by atoms with Crippen LogP contribution in [0.5, 0.6) is 0 Å². The maximum absolute atomic E-state index is 12.9. The van der Waals surface area contributed by atoms with Gasteiger partial charge in [0.2, 0.25) is 23.6 Å². The Morgan fingerprint density at radius 1 is 0.914 bits per heavy atom. The summed E-state index contributed by atoms with van der Waals surface area (Å²) in [6.07, 6.45) is 1.73. The van der Waals surface area contributed by atoms with Gasteiger partial charge in [-0.3, -0.25) is 19.2 Å². The zero-order valence-electron chi connectivity index (χ0n) is 19.4. The van der Waals surface area contributed by atoms with Crippen LogP contribution in [-0.2, 0) is 30.4 Å². The van der Waals surface area contributed by atoms with Crippen LogP contribution in [0.25, 0.3) is 0 Å². The second-order valence-corrected chi connectivity index (χ2v) is 8.77. The number of carbonyl (C=O) groups is 5. The number of aliphatic hydroxyl groups is 1. The number of aliphatic hydroxyl groups excluding tert-OH is 1. The number of carboxylic acids is 1. The average Bonchev–Trinajstić information content (AvgIpc) is 2.82. The number of benzene rings is 1. The number of thioether (sulfide) groups is 1. The van der Waals surface area contributed by atoms with Gasteiger partial charge in [-0.25, -0.2) is 4.79 Å². The Bertz CT molecular complexity index is 871. The quantitative estimate of drug-likeness (QED) is 0.132. The van der Waals surface area contributed by atoms with Crippen LogP contribution in [0.1, 0.15) is 24.8 Å². The van der Waals surface area contributed by atoms with E-state index in [2.05, 4.69) is 16.0 Å². The predicted molar refractivity (Wildman–Crippen MR) is 130 cm³/mol. The van der Waals surface area contributed by atoms with Crippen molar-refractivity contribution in [3.05, 3.63) is 35.9 Å². The predicted octanol–water partition coefficient (Wildman–Crippen LogP) is -1.89. The Labute approximate surface area is 207 Å². The fourth-order valence-corrected chi connectivity index (χ4v) is 3.49. The molecule has 0 aliphatic rings. The molecule has 1 rings (SSSR count). The first kappa shape index (κ1) is 29.9. The summed E-state index contributed by atoms with van der Waals surface area (Å²) in [5, 5.41) is 26.1. The summed E-state index contributed by atoms with van der Waals surface area (Å²) in [5.41, 5.74) is 11.5. The maximum atomic E-state index is 12.9. The molecule has 0 radical (unpaired) electrons. The summed E-state index contributed by atoms with van der Waals surface area (Å²) in [4.78, 5) is 60.5. The molecule has 0 aliphatic carbocycles. The van der Waals surface area contributed by atoms with Crippen molar-refractivity contribution >= 4 is 41.4 Å². The van der Waals surface area contributed by atoms with Crippen LogP contribution in [0.15, 0.2) is 30.3 Å². The van der Waals surface area contributed by atoms with Crippen molar-refractivity contribution in [1.29, 1.82) is 0 Å². The monoisotopic (exact) mass is 511 g/mol. The van der Waals surface area contributed by atoms with Gasteiger partial charge in [0.25, 0.3) is 0 Å². The highest BCUT2D eigenvalue weighted by molar-refractivity contribution is 7.98. The topological polar surface area (TPSA) is 214 Å². The van der Waals surface area contributed by atoms with E-state index in [1.54, 1.807) is 30.3 Å². The van der Waals surface area contributed by atoms with Crippen LogP contribution in [-0.4, -0.2) is 82.6 Å². The Morgan fingerprint density at radius 2 is 1.49 bits per heavy atom. The van der Waals surface area contributed by atoms with E-state index in [1.165, 1.54) is 11.8 Å². The molecule has 0 spiro atoms. The summed E-state index contributed by atoms with van der Waals surface area (Å²) < 4.78 is 0. The van der Waals surface area contributed by atoms with Gasteiger partial charge in [-0.15, -0.1) is 0 Å². The van der Waals surface area contributed by atoms with Gasteiger partial charge >= 0.3 is 5.97 Å². The highest BCUT2D eigenvalue weighted by Gasteiger charge is 2.30. The summed E-state index contributed by atoms with van der Waals surface area (Å²) in [6, 6.07) is 3.74. The molecule has 0 aromatic heterocycles. The van der Waals surface area contributed by atoms with E-state index in [9.17, 15) is 34.2 Å². The van der Waals surface area contributed by atoms with Crippen molar-refractivity contribution in [3.8, 4) is 0 Å². The second kappa shape index (κ2) is 15.7. The molecule has 0 saturated carbocycles. The summed E-state index contributed by atoms with van der Waals surface area (Å²) in [6.45, 7) is -0.747. The molecule has 0 saturated heterocycles. The molecule has 0 heterocycles. The lowest BCUT2D eigenvalue weighted by Crippen LogP contribution is -2.58. The second-order valence-electron chi connectivity index (χ2n) is 7.79. The zero-order valence-corrected chi connectivity index (χ0v) is 20.3. The van der Waals surface area contributed by atoms with E-state index < -0.39 is 60.4 Å². The molecule has 35 heavy (non-hydrogen) atoms. The van der Waals surface area contributed by atoms with Crippen molar-refractivity contribution in [1.82, 2.24) is 16.0 Å². The summed E-state index contributed by atoms with van der Waals surface area (Å²) in [7, 11) is 0. The lowest BCUT2D eigenvalue weighted by molar-refractivity contribution is -0.142. The normalized spacial score (nSPS) is 14.1. The average molecular weight is 512 g/mol. The fourth-order valence-electron chi connectivity index (χ4n) is 3.00. The number of carbonyl (C=O) groups excluding carboxylic acids is 4. The van der Waals surface area contributed by atoms with Gasteiger partial charge in [0, 0.05) is 12.8 Å². The van der Waals surface area contributed by atoms with Crippen LogP contribution >= 0.6 is 11.8 Å². The largest absolute Gasteiger partial charge is 0.480 e. The fraction of sp³-hybridized carbons (Fsp3) is 0.500. The number of amides is 4. The third-order valence-electron chi connectivity index (χ3n) is 4.99. The van der Waals surface area contributed by atoms with Crippen molar-refractivity contribution in [3.63, 3.8) is 0 Å². The van der Waals surface area contributed by atoms with Crippen molar-refractivity contribution in [2.45, 2.75) is 49.9 Å². The Balaban J connectivity index is 2.98. The third kappa shape index (κ3) is 11.2. The van der Waals surface area contributed by atoms with E-state index in [0.29, 0.717) is 17.7 Å². The number of aliphatic carboxylic acids is 1. The number of hydrogen-bond acceptors (Lipinski definition) is 8. The van der Waals surface area contributed by atoms with Crippen molar-refractivity contribution < 1.29 is 34.2 Å². The minimum absolute atomic E-state index is 0.0000954. The summed E-state index contributed by atoms with van der Waals surface area (Å²) in [5.74, 6) is -3.77. The highest BCUT2D eigenvalue weighted by atomic mass is 32.2.